The van der Waals surface area contributed by atoms with Crippen molar-refractivity contribution in [1.29, 1.82) is 0 Å². The second-order valence-corrected chi connectivity index (χ2v) is 10.3. The van der Waals surface area contributed by atoms with Crippen molar-refractivity contribution in [1.82, 2.24) is 14.7 Å². The normalized spacial score (nSPS) is 22.7. The van der Waals surface area contributed by atoms with E-state index < -0.39 is 10.0 Å². The number of hydrogen-bond donors (Lipinski definition) is 0. The molecule has 0 N–H and O–H groups in total. The molecule has 7 nitrogen and oxygen atoms in total. The Hall–Kier alpha value is -2.71. The monoisotopic (exact) mass is 452 g/mol. The van der Waals surface area contributed by atoms with Crippen molar-refractivity contribution >= 4 is 21.8 Å². The molecule has 2 aromatic carbocycles. The molecule has 0 aromatic heterocycles. The summed E-state index contributed by atoms with van der Waals surface area (Å²) in [4.78, 5) is 19.9. The fourth-order valence-corrected chi connectivity index (χ4v) is 6.16. The first-order valence-electron chi connectivity index (χ1n) is 11.2. The largest absolute Gasteiger partial charge is 0.343 e. The SMILES string of the molecule is Cc1ccccc1CN1CCN(C(=O)[C@@H]2CCCN2C2=NS(=O)(=O)c3ccccc32)CC1. The van der Waals surface area contributed by atoms with Crippen LogP contribution in [0.4, 0.5) is 0 Å². The highest BCUT2D eigenvalue weighted by Crippen LogP contribution is 2.31. The number of fused-ring (bicyclic) bond motifs is 1. The smallest absolute Gasteiger partial charge is 0.285 e. The minimum atomic E-state index is -3.69. The van der Waals surface area contributed by atoms with Crippen LogP contribution in [0.25, 0.3) is 0 Å². The first-order valence-corrected chi connectivity index (χ1v) is 12.6. The van der Waals surface area contributed by atoms with E-state index in [1.807, 2.05) is 15.9 Å². The third-order valence-electron chi connectivity index (χ3n) is 6.76. The molecule has 1 atom stereocenters. The molecule has 0 spiro atoms. The third kappa shape index (κ3) is 3.82. The minimum absolute atomic E-state index is 0.0857. The summed E-state index contributed by atoms with van der Waals surface area (Å²) < 4.78 is 29.0. The van der Waals surface area contributed by atoms with Crippen LogP contribution in [0, 0.1) is 6.92 Å². The summed E-state index contributed by atoms with van der Waals surface area (Å²) in [5, 5.41) is 0. The predicted octanol–water partition coefficient (Wildman–Crippen LogP) is 2.25. The van der Waals surface area contributed by atoms with Gasteiger partial charge in [-0.3, -0.25) is 9.69 Å². The summed E-state index contributed by atoms with van der Waals surface area (Å²) in [6.45, 7) is 6.73. The molecule has 2 saturated heterocycles. The van der Waals surface area contributed by atoms with E-state index in [-0.39, 0.29) is 16.8 Å². The minimum Gasteiger partial charge on any atom is -0.343 e. The van der Waals surface area contributed by atoms with Gasteiger partial charge < -0.3 is 9.80 Å². The summed E-state index contributed by atoms with van der Waals surface area (Å²) >= 11 is 0. The zero-order valence-electron chi connectivity index (χ0n) is 18.3. The lowest BCUT2D eigenvalue weighted by Crippen LogP contribution is -2.54. The van der Waals surface area contributed by atoms with Crippen molar-refractivity contribution < 1.29 is 13.2 Å². The molecule has 0 bridgehead atoms. The number of amides is 1. The molecule has 5 rings (SSSR count). The highest BCUT2D eigenvalue weighted by molar-refractivity contribution is 7.90. The molecule has 2 aromatic rings. The average Bonchev–Trinajstić information content (AvgIpc) is 3.38. The summed E-state index contributed by atoms with van der Waals surface area (Å²) in [7, 11) is -3.69. The lowest BCUT2D eigenvalue weighted by molar-refractivity contribution is -0.136. The van der Waals surface area contributed by atoms with E-state index >= 15 is 0 Å². The van der Waals surface area contributed by atoms with Crippen LogP contribution in [0.3, 0.4) is 0 Å². The van der Waals surface area contributed by atoms with E-state index in [0.29, 0.717) is 31.0 Å². The van der Waals surface area contributed by atoms with Gasteiger partial charge in [0.25, 0.3) is 10.0 Å². The summed E-state index contributed by atoms with van der Waals surface area (Å²) in [6, 6.07) is 15.0. The van der Waals surface area contributed by atoms with E-state index in [0.717, 1.165) is 32.5 Å². The van der Waals surface area contributed by atoms with Crippen molar-refractivity contribution in [2.24, 2.45) is 4.40 Å². The van der Waals surface area contributed by atoms with Crippen LogP contribution < -0.4 is 0 Å². The lowest BCUT2D eigenvalue weighted by atomic mass is 10.1. The number of piperazine rings is 1. The Morgan fingerprint density at radius 3 is 2.50 bits per heavy atom. The lowest BCUT2D eigenvalue weighted by Gasteiger charge is -2.37. The Kier molecular flexibility index (Phi) is 5.51. The summed E-state index contributed by atoms with van der Waals surface area (Å²) in [5.41, 5.74) is 3.23. The molecular weight excluding hydrogens is 424 g/mol. The maximum atomic E-state index is 13.4. The van der Waals surface area contributed by atoms with Gasteiger partial charge in [0.15, 0.2) is 5.84 Å². The zero-order chi connectivity index (χ0) is 22.3. The van der Waals surface area contributed by atoms with Gasteiger partial charge in [-0.25, -0.2) is 0 Å². The topological polar surface area (TPSA) is 73.3 Å². The van der Waals surface area contributed by atoms with Gasteiger partial charge in [0.05, 0.1) is 0 Å². The quantitative estimate of drug-likeness (QED) is 0.714. The van der Waals surface area contributed by atoms with E-state index in [9.17, 15) is 13.2 Å². The Morgan fingerprint density at radius 2 is 1.72 bits per heavy atom. The number of hydrogen-bond acceptors (Lipinski definition) is 5. The van der Waals surface area contributed by atoms with Crippen LogP contribution in [0.2, 0.25) is 0 Å². The van der Waals surface area contributed by atoms with E-state index in [4.69, 9.17) is 0 Å². The van der Waals surface area contributed by atoms with Crippen LogP contribution in [0.1, 0.15) is 29.5 Å². The highest BCUT2D eigenvalue weighted by atomic mass is 32.2. The molecule has 0 saturated carbocycles. The number of rotatable bonds is 3. The van der Waals surface area contributed by atoms with Crippen LogP contribution >= 0.6 is 0 Å². The summed E-state index contributed by atoms with van der Waals surface area (Å²) in [5.74, 6) is 0.511. The number of sulfonamides is 1. The van der Waals surface area contributed by atoms with Crippen LogP contribution in [-0.2, 0) is 21.4 Å². The molecule has 0 unspecified atom stereocenters. The molecule has 0 radical (unpaired) electrons. The van der Waals surface area contributed by atoms with Gasteiger partial charge >= 0.3 is 0 Å². The van der Waals surface area contributed by atoms with Crippen LogP contribution in [0.15, 0.2) is 57.8 Å². The van der Waals surface area contributed by atoms with Gasteiger partial charge in [-0.05, 0) is 43.0 Å². The number of carbonyl (C=O) groups excluding carboxylic acids is 1. The van der Waals surface area contributed by atoms with Crippen molar-refractivity contribution in [3.63, 3.8) is 0 Å². The first kappa shape index (κ1) is 21.2. The number of nitrogens with zero attached hydrogens (tertiary/aromatic N) is 4. The van der Waals surface area contributed by atoms with Gasteiger partial charge in [-0.2, -0.15) is 8.42 Å². The maximum Gasteiger partial charge on any atom is 0.285 e. The number of benzene rings is 2. The third-order valence-corrected chi connectivity index (χ3v) is 8.09. The Labute approximate surface area is 189 Å². The maximum absolute atomic E-state index is 13.4. The van der Waals surface area contributed by atoms with Gasteiger partial charge in [0.1, 0.15) is 10.9 Å². The van der Waals surface area contributed by atoms with Gasteiger partial charge in [0, 0.05) is 44.8 Å². The van der Waals surface area contributed by atoms with Crippen LogP contribution in [0.5, 0.6) is 0 Å². The van der Waals surface area contributed by atoms with E-state index in [1.165, 1.54) is 11.1 Å². The fourth-order valence-electron chi connectivity index (χ4n) is 4.94. The Bertz CT molecular complexity index is 1170. The standard InChI is InChI=1S/C24H28N4O3S/c1-18-7-2-3-8-19(18)17-26-13-15-27(16-14-26)24(29)21-10-6-12-28(21)23-20-9-4-5-11-22(20)32(30,31)25-23/h2-5,7-9,11,21H,6,10,12-17H2,1H3/t21-/m0/s1. The van der Waals surface area contributed by atoms with Gasteiger partial charge in [-0.15, -0.1) is 4.40 Å². The second-order valence-electron chi connectivity index (χ2n) is 8.77. The molecule has 2 fully saturated rings. The molecule has 1 amide bonds. The number of amidine groups is 1. The predicted molar refractivity (Wildman–Crippen MR) is 123 cm³/mol. The number of carbonyl (C=O) groups is 1. The van der Waals surface area contributed by atoms with E-state index in [1.54, 1.807) is 18.2 Å². The molecular formula is C24H28N4O3S. The molecule has 168 valence electrons. The molecule has 32 heavy (non-hydrogen) atoms. The van der Waals surface area contributed by atoms with Gasteiger partial charge in [-0.1, -0.05) is 36.4 Å². The fraction of sp³-hybridized carbons (Fsp3) is 0.417. The van der Waals surface area contributed by atoms with Crippen LogP contribution in [-0.4, -0.2) is 73.6 Å². The number of aryl methyl sites for hydroxylation is 1. The van der Waals surface area contributed by atoms with Crippen molar-refractivity contribution in [3.05, 3.63) is 65.2 Å². The van der Waals surface area contributed by atoms with E-state index in [2.05, 4.69) is 40.5 Å². The first-order chi connectivity index (χ1) is 15.4. The highest BCUT2D eigenvalue weighted by Gasteiger charge is 2.41. The molecule has 8 heteroatoms. The second kappa shape index (κ2) is 8.33. The molecule has 3 aliphatic heterocycles. The summed E-state index contributed by atoms with van der Waals surface area (Å²) in [6.07, 6.45) is 1.58. The molecule has 0 aliphatic carbocycles. The molecule has 3 heterocycles. The number of likely N-dealkylation sites (tertiary alicyclic amines) is 1. The van der Waals surface area contributed by atoms with Crippen molar-refractivity contribution in [2.45, 2.75) is 37.2 Å². The zero-order valence-corrected chi connectivity index (χ0v) is 19.1. The Balaban J connectivity index is 1.27. The van der Waals surface area contributed by atoms with Gasteiger partial charge in [0.2, 0.25) is 5.91 Å². The van der Waals surface area contributed by atoms with Crippen molar-refractivity contribution in [3.8, 4) is 0 Å². The average molecular weight is 453 g/mol. The molecule has 3 aliphatic rings. The Morgan fingerprint density at radius 1 is 1.00 bits per heavy atom. The van der Waals surface area contributed by atoms with Crippen molar-refractivity contribution in [2.75, 3.05) is 32.7 Å².